The Morgan fingerprint density at radius 2 is 1.88 bits per heavy atom. The van der Waals surface area contributed by atoms with E-state index < -0.39 is 17.6 Å². The molecule has 0 bridgehead atoms. The Bertz CT molecular complexity index is 1620. The molecule has 1 aliphatic rings. The number of fused-ring (bicyclic) bond motifs is 1. The Morgan fingerprint density at radius 3 is 2.53 bits per heavy atom. The number of piperidine rings is 1. The first-order valence-electron chi connectivity index (χ1n) is 14.1. The van der Waals surface area contributed by atoms with Gasteiger partial charge in [-0.25, -0.2) is 22.4 Å². The molecule has 2 atom stereocenters. The van der Waals surface area contributed by atoms with E-state index in [1.54, 1.807) is 43.0 Å². The number of rotatable bonds is 13. The number of likely N-dealkylation sites (N-methyl/N-ethyl adjacent to an activating group) is 1. The molecule has 2 aromatic heterocycles. The first kappa shape index (κ1) is 32.6. The molecule has 15 heteroatoms. The third-order valence-electron chi connectivity index (χ3n) is 7.37. The fraction of sp³-hybridized carbons (Fsp3) is 0.500. The molecule has 1 saturated heterocycles. The number of amides is 1. The summed E-state index contributed by atoms with van der Waals surface area (Å²) in [7, 11) is -5.83. The molecule has 4 rings (SSSR count). The Labute approximate surface area is 251 Å². The summed E-state index contributed by atoms with van der Waals surface area (Å²) in [5.74, 6) is 0.441. The minimum absolute atomic E-state index is 0.0594. The number of aromatic nitrogens is 3. The van der Waals surface area contributed by atoms with Crippen molar-refractivity contribution >= 4 is 40.4 Å². The monoisotopic (exact) mass is 632 g/mol. The summed E-state index contributed by atoms with van der Waals surface area (Å²) in [6.45, 7) is 6.52. The van der Waals surface area contributed by atoms with Crippen molar-refractivity contribution in [2.24, 2.45) is 5.92 Å². The van der Waals surface area contributed by atoms with E-state index in [1.165, 1.54) is 18.5 Å². The molecule has 1 amide bonds. The van der Waals surface area contributed by atoms with Gasteiger partial charge in [-0.3, -0.25) is 9.36 Å². The second-order valence-electron chi connectivity index (χ2n) is 10.2. The number of hydrogen-bond acceptors (Lipinski definition) is 11. The number of nitrogens with zero attached hydrogens (tertiary/aromatic N) is 6. The highest BCUT2D eigenvalue weighted by Crippen LogP contribution is 2.48. The number of ether oxygens (including phenoxy) is 1. The smallest absolute Gasteiger partial charge is 0.356 e. The average Bonchev–Trinajstić information content (AvgIpc) is 3.37. The van der Waals surface area contributed by atoms with Crippen LogP contribution in [0.1, 0.15) is 39.3 Å². The van der Waals surface area contributed by atoms with Crippen LogP contribution in [0.2, 0.25) is 0 Å². The van der Waals surface area contributed by atoms with E-state index in [0.29, 0.717) is 24.3 Å². The minimum Gasteiger partial charge on any atom is -0.363 e. The zero-order valence-corrected chi connectivity index (χ0v) is 26.5. The summed E-state index contributed by atoms with van der Waals surface area (Å²) in [5.41, 5.74) is 0.397. The minimum atomic E-state index is -4.13. The summed E-state index contributed by atoms with van der Waals surface area (Å²) in [5, 5.41) is 9.48. The molecule has 0 spiro atoms. The van der Waals surface area contributed by atoms with E-state index in [9.17, 15) is 17.8 Å². The van der Waals surface area contributed by atoms with Gasteiger partial charge < -0.3 is 23.6 Å². The molecule has 13 nitrogen and oxygen atoms in total. The van der Waals surface area contributed by atoms with Gasteiger partial charge in [-0.2, -0.15) is 5.26 Å². The zero-order valence-electron chi connectivity index (χ0n) is 24.7. The Morgan fingerprint density at radius 1 is 1.19 bits per heavy atom. The molecular formula is C28H37N6O7PS. The van der Waals surface area contributed by atoms with Crippen molar-refractivity contribution in [1.29, 1.82) is 5.26 Å². The standard InChI is InChI=1S/C28H37N6O7PS/c1-5-40-42(36,41-6-2)20-39-18-22-16-24-27(32(4)25-17-33(15-13-21(25)3)26(35)12-14-29)30-19-31-28(24)34(22)43(37,38)23-10-8-7-9-11-23/h7-11,16,19,21,25H,5-6,12-13,15,17-18,20H2,1-4H3. The maximum atomic E-state index is 14.0. The SMILES string of the molecule is CCOP(=O)(COCc1cc2c(N(C)C3CN(C(=O)CC#N)CCC3C)ncnc2n1S(=O)(=O)c1ccccc1)OCC. The molecule has 3 heterocycles. The Balaban J connectivity index is 1.76. The molecule has 1 fully saturated rings. The van der Waals surface area contributed by atoms with Crippen LogP contribution in [0.25, 0.3) is 11.0 Å². The number of nitriles is 1. The van der Waals surface area contributed by atoms with Crippen LogP contribution in [-0.4, -0.2) is 78.9 Å². The van der Waals surface area contributed by atoms with Gasteiger partial charge in [0.2, 0.25) is 5.91 Å². The summed E-state index contributed by atoms with van der Waals surface area (Å²) >= 11 is 0. The van der Waals surface area contributed by atoms with Gasteiger partial charge in [0.05, 0.1) is 47.9 Å². The highest BCUT2D eigenvalue weighted by atomic mass is 32.2. The van der Waals surface area contributed by atoms with E-state index >= 15 is 0 Å². The van der Waals surface area contributed by atoms with Gasteiger partial charge in [0.25, 0.3) is 10.0 Å². The van der Waals surface area contributed by atoms with Gasteiger partial charge in [0.1, 0.15) is 24.9 Å². The normalized spacial score (nSPS) is 17.6. The first-order chi connectivity index (χ1) is 20.6. The molecule has 0 saturated carbocycles. The van der Waals surface area contributed by atoms with E-state index in [1.807, 2.05) is 18.0 Å². The Kier molecular flexibility index (Phi) is 10.6. The lowest BCUT2D eigenvalue weighted by molar-refractivity contribution is -0.131. The van der Waals surface area contributed by atoms with Crippen molar-refractivity contribution < 1.29 is 31.6 Å². The quantitative estimate of drug-likeness (QED) is 0.251. The highest BCUT2D eigenvalue weighted by molar-refractivity contribution is 7.90. The van der Waals surface area contributed by atoms with Crippen molar-refractivity contribution in [2.75, 3.05) is 44.6 Å². The van der Waals surface area contributed by atoms with Crippen LogP contribution in [0.3, 0.4) is 0 Å². The second kappa shape index (κ2) is 14.0. The topological polar surface area (TPSA) is 157 Å². The molecule has 0 aliphatic carbocycles. The van der Waals surface area contributed by atoms with Crippen LogP contribution in [-0.2, 0) is 39.8 Å². The summed E-state index contributed by atoms with van der Waals surface area (Å²) in [6, 6.07) is 11.4. The van der Waals surface area contributed by atoms with E-state index in [2.05, 4.69) is 16.9 Å². The van der Waals surface area contributed by atoms with Crippen LogP contribution in [0.5, 0.6) is 0 Å². The second-order valence-corrected chi connectivity index (χ2v) is 14.0. The van der Waals surface area contributed by atoms with Crippen LogP contribution < -0.4 is 4.90 Å². The van der Waals surface area contributed by atoms with Gasteiger partial charge in [-0.1, -0.05) is 25.1 Å². The molecule has 232 valence electrons. The fourth-order valence-corrected chi connectivity index (χ4v) is 8.08. The molecule has 3 aromatic rings. The summed E-state index contributed by atoms with van der Waals surface area (Å²) in [4.78, 5) is 25.1. The largest absolute Gasteiger partial charge is 0.363 e. The van der Waals surface area contributed by atoms with Gasteiger partial charge >= 0.3 is 7.60 Å². The molecule has 0 radical (unpaired) electrons. The van der Waals surface area contributed by atoms with Gasteiger partial charge in [0.15, 0.2) is 5.65 Å². The van der Waals surface area contributed by atoms with Crippen molar-refractivity contribution in [1.82, 2.24) is 18.8 Å². The van der Waals surface area contributed by atoms with Crippen molar-refractivity contribution in [3.63, 3.8) is 0 Å². The highest BCUT2D eigenvalue weighted by Gasteiger charge is 2.34. The van der Waals surface area contributed by atoms with Crippen LogP contribution in [0, 0.1) is 17.2 Å². The van der Waals surface area contributed by atoms with Crippen LogP contribution >= 0.6 is 7.60 Å². The van der Waals surface area contributed by atoms with Crippen LogP contribution in [0.15, 0.2) is 47.6 Å². The first-order valence-corrected chi connectivity index (χ1v) is 17.2. The Hall–Kier alpha value is -3.34. The number of benzene rings is 1. The van der Waals surface area contributed by atoms with Gasteiger partial charge in [-0.05, 0) is 44.4 Å². The van der Waals surface area contributed by atoms with Crippen molar-refractivity contribution in [2.45, 2.75) is 51.2 Å². The molecule has 1 aliphatic heterocycles. The number of carbonyl (C=O) groups excluding carboxylic acids is 1. The lowest BCUT2D eigenvalue weighted by atomic mass is 9.92. The predicted molar refractivity (Wildman–Crippen MR) is 160 cm³/mol. The zero-order chi connectivity index (χ0) is 31.2. The van der Waals surface area contributed by atoms with Crippen molar-refractivity contribution in [3.8, 4) is 6.07 Å². The third-order valence-corrected chi connectivity index (χ3v) is 10.9. The summed E-state index contributed by atoms with van der Waals surface area (Å²) in [6.07, 6.45) is 1.49. The molecule has 2 unspecified atom stereocenters. The molecule has 0 N–H and O–H groups in total. The lowest BCUT2D eigenvalue weighted by Crippen LogP contribution is -2.52. The number of likely N-dealkylation sites (tertiary alicyclic amines) is 1. The molecule has 43 heavy (non-hydrogen) atoms. The number of carbonyl (C=O) groups is 1. The maximum absolute atomic E-state index is 14.0. The van der Waals surface area contributed by atoms with E-state index in [4.69, 9.17) is 19.0 Å². The summed E-state index contributed by atoms with van der Waals surface area (Å²) < 4.78 is 58.4. The van der Waals surface area contributed by atoms with Gasteiger partial charge in [-0.15, -0.1) is 0 Å². The maximum Gasteiger partial charge on any atom is 0.356 e. The fourth-order valence-electron chi connectivity index (χ4n) is 5.26. The lowest BCUT2D eigenvalue weighted by Gasteiger charge is -2.42. The predicted octanol–water partition coefficient (Wildman–Crippen LogP) is 4.00. The van der Waals surface area contributed by atoms with E-state index in [-0.39, 0.29) is 66.7 Å². The van der Waals surface area contributed by atoms with E-state index in [0.717, 1.165) is 10.4 Å². The van der Waals surface area contributed by atoms with Gasteiger partial charge in [0, 0.05) is 20.1 Å². The molecular weight excluding hydrogens is 595 g/mol. The third kappa shape index (κ3) is 7.08. The molecule has 1 aromatic carbocycles. The average molecular weight is 633 g/mol. The van der Waals surface area contributed by atoms with Crippen LogP contribution in [0.4, 0.5) is 5.82 Å². The van der Waals surface area contributed by atoms with Crippen molar-refractivity contribution in [3.05, 3.63) is 48.4 Å². The number of anilines is 1. The number of hydrogen-bond donors (Lipinski definition) is 0.